The van der Waals surface area contributed by atoms with Crippen LogP contribution in [0.15, 0.2) is 24.3 Å². The highest BCUT2D eigenvalue weighted by Crippen LogP contribution is 2.30. The van der Waals surface area contributed by atoms with E-state index in [1.165, 1.54) is 19.3 Å². The molecule has 0 aliphatic heterocycles. The third-order valence-corrected chi connectivity index (χ3v) is 3.04. The lowest BCUT2D eigenvalue weighted by Gasteiger charge is -2.23. The van der Waals surface area contributed by atoms with Crippen molar-refractivity contribution in [2.45, 2.75) is 45.4 Å². The molecule has 2 heteroatoms. The molecule has 0 heterocycles. The number of hydrogen-bond acceptors (Lipinski definition) is 2. The number of carbonyl (C=O) groups is 1. The van der Waals surface area contributed by atoms with Gasteiger partial charge in [-0.2, -0.15) is 0 Å². The summed E-state index contributed by atoms with van der Waals surface area (Å²) in [6.45, 7) is 5.93. The lowest BCUT2D eigenvalue weighted by atomic mass is 9.83. The van der Waals surface area contributed by atoms with Crippen LogP contribution in [-0.2, 0) is 9.53 Å². The van der Waals surface area contributed by atoms with E-state index in [0.29, 0.717) is 12.5 Å². The van der Waals surface area contributed by atoms with Crippen molar-refractivity contribution in [2.24, 2.45) is 5.92 Å². The number of ether oxygens (including phenoxy) is 1. The molecule has 0 aromatic heterocycles. The fraction of sp³-hybridized carbons (Fsp3) is 0.643. The average molecular weight is 222 g/mol. The van der Waals surface area contributed by atoms with Crippen LogP contribution in [0.25, 0.3) is 0 Å². The smallest absolute Gasteiger partial charge is 0.334 e. The predicted octanol–water partition coefficient (Wildman–Crippen LogP) is 3.63. The fourth-order valence-electron chi connectivity index (χ4n) is 2.27. The van der Waals surface area contributed by atoms with Gasteiger partial charge in [0.1, 0.15) is 6.61 Å². The summed E-state index contributed by atoms with van der Waals surface area (Å²) in [5.41, 5.74) is 0.893. The molecule has 0 radical (unpaired) electrons. The molecule has 0 amide bonds. The maximum Gasteiger partial charge on any atom is 0.334 e. The van der Waals surface area contributed by atoms with Crippen molar-refractivity contribution >= 4 is 5.97 Å². The minimum atomic E-state index is -0.145. The van der Waals surface area contributed by atoms with E-state index in [4.69, 9.17) is 4.74 Å². The molecule has 0 aromatic carbocycles. The Morgan fingerprint density at radius 3 is 2.62 bits per heavy atom. The van der Waals surface area contributed by atoms with Gasteiger partial charge in [-0.1, -0.05) is 44.9 Å². The van der Waals surface area contributed by atoms with Crippen LogP contribution < -0.4 is 0 Å². The lowest BCUT2D eigenvalue weighted by Crippen LogP contribution is -2.18. The Kier molecular flexibility index (Phi) is 5.91. The number of esters is 1. The van der Waals surface area contributed by atoms with Crippen LogP contribution in [0.2, 0.25) is 0 Å². The van der Waals surface area contributed by atoms with Gasteiger partial charge < -0.3 is 4.74 Å². The summed E-state index contributed by atoms with van der Waals surface area (Å²) in [6, 6.07) is 0. The zero-order chi connectivity index (χ0) is 11.8. The molecule has 1 rings (SSSR count). The summed E-state index contributed by atoms with van der Waals surface area (Å²) in [5.74, 6) is 0.277. The van der Waals surface area contributed by atoms with Crippen molar-refractivity contribution in [1.82, 2.24) is 0 Å². The molecular weight excluding hydrogens is 200 g/mol. The van der Waals surface area contributed by atoms with Crippen LogP contribution >= 0.6 is 0 Å². The third kappa shape index (κ3) is 3.84. The maximum absolute atomic E-state index is 11.9. The molecule has 90 valence electrons. The minimum absolute atomic E-state index is 0.145. The molecule has 16 heavy (non-hydrogen) atoms. The summed E-state index contributed by atoms with van der Waals surface area (Å²) in [6.07, 6.45) is 10.6. The van der Waals surface area contributed by atoms with Crippen LogP contribution in [0.4, 0.5) is 0 Å². The van der Waals surface area contributed by atoms with Gasteiger partial charge in [-0.3, -0.25) is 0 Å². The standard InChI is InChI=1S/C14H22O2/c1-3-8-13(14(15)16-11-4-2)12-9-6-5-7-10-12/h4,8,12H,2-3,5-7,9-11H2,1H3/b13-8+. The number of hydrogen-bond donors (Lipinski definition) is 0. The van der Waals surface area contributed by atoms with Gasteiger partial charge >= 0.3 is 5.97 Å². The normalized spacial score (nSPS) is 18.2. The van der Waals surface area contributed by atoms with Crippen LogP contribution in [0.5, 0.6) is 0 Å². The summed E-state index contributed by atoms with van der Waals surface area (Å²) in [4.78, 5) is 11.9. The summed E-state index contributed by atoms with van der Waals surface area (Å²) in [5, 5.41) is 0. The highest BCUT2D eigenvalue weighted by atomic mass is 16.5. The van der Waals surface area contributed by atoms with Gasteiger partial charge in [0.15, 0.2) is 0 Å². The molecule has 0 unspecified atom stereocenters. The first-order chi connectivity index (χ1) is 7.79. The van der Waals surface area contributed by atoms with E-state index in [0.717, 1.165) is 24.8 Å². The Bertz CT molecular complexity index is 260. The van der Waals surface area contributed by atoms with E-state index in [-0.39, 0.29) is 5.97 Å². The lowest BCUT2D eigenvalue weighted by molar-refractivity contribution is -0.138. The zero-order valence-corrected chi connectivity index (χ0v) is 10.2. The summed E-state index contributed by atoms with van der Waals surface area (Å²) in [7, 11) is 0. The fourth-order valence-corrected chi connectivity index (χ4v) is 2.27. The van der Waals surface area contributed by atoms with Crippen molar-refractivity contribution in [2.75, 3.05) is 6.61 Å². The van der Waals surface area contributed by atoms with Crippen LogP contribution in [0, 0.1) is 5.92 Å². The van der Waals surface area contributed by atoms with E-state index < -0.39 is 0 Å². The summed E-state index contributed by atoms with van der Waals surface area (Å²) < 4.78 is 5.13. The van der Waals surface area contributed by atoms with Crippen molar-refractivity contribution in [3.8, 4) is 0 Å². The summed E-state index contributed by atoms with van der Waals surface area (Å²) >= 11 is 0. The number of rotatable bonds is 5. The molecule has 2 nitrogen and oxygen atoms in total. The van der Waals surface area contributed by atoms with Gasteiger partial charge in [0, 0.05) is 5.57 Å². The van der Waals surface area contributed by atoms with Gasteiger partial charge in [0.05, 0.1) is 0 Å². The van der Waals surface area contributed by atoms with Gasteiger partial charge in [-0.15, -0.1) is 0 Å². The minimum Gasteiger partial charge on any atom is -0.458 e. The third-order valence-electron chi connectivity index (χ3n) is 3.04. The van der Waals surface area contributed by atoms with Crippen LogP contribution in [-0.4, -0.2) is 12.6 Å². The number of carbonyl (C=O) groups excluding carboxylic acids is 1. The first kappa shape index (κ1) is 13.0. The molecule has 0 N–H and O–H groups in total. The molecular formula is C14H22O2. The highest BCUT2D eigenvalue weighted by molar-refractivity contribution is 5.89. The second kappa shape index (κ2) is 7.26. The maximum atomic E-state index is 11.9. The van der Waals surface area contributed by atoms with Crippen molar-refractivity contribution < 1.29 is 9.53 Å². The monoisotopic (exact) mass is 222 g/mol. The zero-order valence-electron chi connectivity index (χ0n) is 10.2. The van der Waals surface area contributed by atoms with E-state index in [1.807, 2.05) is 6.08 Å². The molecule has 0 aromatic rings. The van der Waals surface area contributed by atoms with E-state index in [1.54, 1.807) is 6.08 Å². The van der Waals surface area contributed by atoms with Crippen LogP contribution in [0.1, 0.15) is 45.4 Å². The molecule has 0 saturated heterocycles. The predicted molar refractivity (Wildman–Crippen MR) is 66.1 cm³/mol. The molecule has 0 bridgehead atoms. The Hall–Kier alpha value is -1.05. The number of allylic oxidation sites excluding steroid dienone is 1. The molecule has 0 spiro atoms. The van der Waals surface area contributed by atoms with Gasteiger partial charge in [-0.25, -0.2) is 4.79 Å². The van der Waals surface area contributed by atoms with Crippen molar-refractivity contribution in [3.05, 3.63) is 24.3 Å². The molecule has 0 atom stereocenters. The topological polar surface area (TPSA) is 26.3 Å². The molecule has 1 fully saturated rings. The Morgan fingerprint density at radius 2 is 2.06 bits per heavy atom. The van der Waals surface area contributed by atoms with E-state index in [2.05, 4.69) is 13.5 Å². The largest absolute Gasteiger partial charge is 0.458 e. The SMILES string of the molecule is C=CCOC(=O)/C(=C/CC)C1CCCCC1. The van der Waals surface area contributed by atoms with Gasteiger partial charge in [0.25, 0.3) is 0 Å². The van der Waals surface area contributed by atoms with Crippen molar-refractivity contribution in [3.63, 3.8) is 0 Å². The van der Waals surface area contributed by atoms with Crippen LogP contribution in [0.3, 0.4) is 0 Å². The Balaban J connectivity index is 2.61. The Labute approximate surface area is 98.4 Å². The van der Waals surface area contributed by atoms with E-state index in [9.17, 15) is 4.79 Å². The highest BCUT2D eigenvalue weighted by Gasteiger charge is 2.23. The molecule has 1 aliphatic rings. The van der Waals surface area contributed by atoms with Gasteiger partial charge in [-0.05, 0) is 25.2 Å². The second-order valence-electron chi connectivity index (χ2n) is 4.29. The average Bonchev–Trinajstić information content (AvgIpc) is 2.34. The Morgan fingerprint density at radius 1 is 1.38 bits per heavy atom. The molecule has 1 saturated carbocycles. The first-order valence-electron chi connectivity index (χ1n) is 6.27. The second-order valence-corrected chi connectivity index (χ2v) is 4.29. The molecule has 1 aliphatic carbocycles. The first-order valence-corrected chi connectivity index (χ1v) is 6.27. The van der Waals surface area contributed by atoms with Gasteiger partial charge in [0.2, 0.25) is 0 Å². The quantitative estimate of drug-likeness (QED) is 0.403. The van der Waals surface area contributed by atoms with E-state index >= 15 is 0 Å². The van der Waals surface area contributed by atoms with Crippen molar-refractivity contribution in [1.29, 1.82) is 0 Å².